The van der Waals surface area contributed by atoms with Gasteiger partial charge in [0.1, 0.15) is 11.8 Å². The number of benzene rings is 2. The molecule has 0 bridgehead atoms. The zero-order chi connectivity index (χ0) is 26.1. The van der Waals surface area contributed by atoms with Crippen LogP contribution in [0.4, 0.5) is 5.13 Å². The number of nitrogens with zero attached hydrogens (tertiary/aromatic N) is 1. The average Bonchev–Trinajstić information content (AvgIpc) is 3.38. The van der Waals surface area contributed by atoms with Crippen LogP contribution in [0.25, 0.3) is 11.3 Å². The lowest BCUT2D eigenvalue weighted by Gasteiger charge is -2.19. The third kappa shape index (κ3) is 6.61. The predicted octanol–water partition coefficient (Wildman–Crippen LogP) is 4.33. The van der Waals surface area contributed by atoms with Gasteiger partial charge < -0.3 is 29.6 Å². The maximum Gasteiger partial charge on any atom is 0.252 e. The van der Waals surface area contributed by atoms with Crippen LogP contribution in [-0.4, -0.2) is 63.3 Å². The summed E-state index contributed by atoms with van der Waals surface area (Å²) in [5.74, 6) is 1.73. The Morgan fingerprint density at radius 2 is 1.67 bits per heavy atom. The van der Waals surface area contributed by atoms with Crippen molar-refractivity contribution in [2.24, 2.45) is 0 Å². The fourth-order valence-electron chi connectivity index (χ4n) is 3.38. The molecular weight excluding hydrogens is 502 g/mol. The third-order valence-corrected chi connectivity index (χ3v) is 6.68. The van der Waals surface area contributed by atoms with E-state index in [1.165, 1.54) is 32.7 Å². The van der Waals surface area contributed by atoms with Crippen molar-refractivity contribution in [2.45, 2.75) is 12.5 Å². The van der Waals surface area contributed by atoms with E-state index in [1.807, 2.05) is 35.9 Å². The number of nitrogens with one attached hydrogen (secondary N) is 2. The van der Waals surface area contributed by atoms with Gasteiger partial charge in [0, 0.05) is 16.5 Å². The second-order valence-electron chi connectivity index (χ2n) is 7.48. The van der Waals surface area contributed by atoms with E-state index >= 15 is 0 Å². The molecule has 0 aliphatic rings. The normalized spacial score (nSPS) is 11.4. The first-order valence-electron chi connectivity index (χ1n) is 10.9. The summed E-state index contributed by atoms with van der Waals surface area (Å²) in [5, 5.41) is 7.97. The number of ether oxygens (including phenoxy) is 4. The Hall–Kier alpha value is -3.44. The number of methoxy groups -OCH3 is 4. The van der Waals surface area contributed by atoms with E-state index in [4.69, 9.17) is 18.9 Å². The van der Waals surface area contributed by atoms with E-state index in [9.17, 15) is 9.59 Å². The lowest BCUT2D eigenvalue weighted by Crippen LogP contribution is -2.44. The maximum absolute atomic E-state index is 13.1. The van der Waals surface area contributed by atoms with Gasteiger partial charge in [0.15, 0.2) is 16.6 Å². The predicted molar refractivity (Wildman–Crippen MR) is 143 cm³/mol. The number of anilines is 1. The molecule has 1 heterocycles. The molecule has 2 aromatic carbocycles. The molecule has 0 saturated carbocycles. The van der Waals surface area contributed by atoms with Gasteiger partial charge in [0.05, 0.1) is 34.1 Å². The number of amides is 2. The van der Waals surface area contributed by atoms with Crippen LogP contribution in [0.1, 0.15) is 16.8 Å². The summed E-state index contributed by atoms with van der Waals surface area (Å²) in [6.07, 6.45) is 2.39. The summed E-state index contributed by atoms with van der Waals surface area (Å²) in [4.78, 5) is 30.7. The van der Waals surface area contributed by atoms with Gasteiger partial charge >= 0.3 is 0 Å². The second-order valence-corrected chi connectivity index (χ2v) is 9.32. The van der Waals surface area contributed by atoms with Crippen LogP contribution in [0.5, 0.6) is 23.0 Å². The number of hydrogen-bond acceptors (Lipinski definition) is 9. The van der Waals surface area contributed by atoms with Crippen molar-refractivity contribution in [1.82, 2.24) is 10.3 Å². The highest BCUT2D eigenvalue weighted by Crippen LogP contribution is 2.38. The number of thiazole rings is 1. The topological polar surface area (TPSA) is 108 Å². The molecule has 9 nitrogen and oxygen atoms in total. The van der Waals surface area contributed by atoms with Crippen molar-refractivity contribution in [1.29, 1.82) is 0 Å². The molecule has 2 amide bonds. The Bertz CT molecular complexity index is 1160. The Kier molecular flexibility index (Phi) is 9.83. The lowest BCUT2D eigenvalue weighted by molar-refractivity contribution is -0.118. The molecule has 3 rings (SSSR count). The van der Waals surface area contributed by atoms with Crippen LogP contribution >= 0.6 is 23.1 Å². The van der Waals surface area contributed by atoms with E-state index in [0.717, 1.165) is 17.0 Å². The smallest absolute Gasteiger partial charge is 0.252 e. The molecule has 192 valence electrons. The van der Waals surface area contributed by atoms with Crippen LogP contribution in [0.2, 0.25) is 0 Å². The van der Waals surface area contributed by atoms with Crippen molar-refractivity contribution in [2.75, 3.05) is 45.8 Å². The van der Waals surface area contributed by atoms with Gasteiger partial charge in [-0.1, -0.05) is 0 Å². The van der Waals surface area contributed by atoms with E-state index in [0.29, 0.717) is 34.6 Å². The third-order valence-electron chi connectivity index (χ3n) is 5.28. The zero-order valence-electron chi connectivity index (χ0n) is 20.7. The molecule has 3 aromatic rings. The summed E-state index contributed by atoms with van der Waals surface area (Å²) in [6.45, 7) is 0. The maximum atomic E-state index is 13.1. The number of thioether (sulfide) groups is 1. The molecule has 1 aromatic heterocycles. The van der Waals surface area contributed by atoms with Gasteiger partial charge in [0.25, 0.3) is 5.91 Å². The molecule has 0 fully saturated rings. The van der Waals surface area contributed by atoms with Crippen molar-refractivity contribution in [3.8, 4) is 34.3 Å². The van der Waals surface area contributed by atoms with Crippen molar-refractivity contribution >= 4 is 40.0 Å². The molecule has 0 saturated heterocycles. The number of rotatable bonds is 12. The summed E-state index contributed by atoms with van der Waals surface area (Å²) < 4.78 is 21.2. The van der Waals surface area contributed by atoms with Crippen molar-refractivity contribution in [3.05, 3.63) is 47.3 Å². The highest BCUT2D eigenvalue weighted by molar-refractivity contribution is 7.98. The monoisotopic (exact) mass is 531 g/mol. The Morgan fingerprint density at radius 1 is 1.00 bits per heavy atom. The molecule has 0 unspecified atom stereocenters. The van der Waals surface area contributed by atoms with Crippen LogP contribution in [-0.2, 0) is 4.79 Å². The van der Waals surface area contributed by atoms with Gasteiger partial charge in [-0.25, -0.2) is 4.98 Å². The van der Waals surface area contributed by atoms with Gasteiger partial charge in [0.2, 0.25) is 11.7 Å². The molecule has 0 aliphatic carbocycles. The summed E-state index contributed by atoms with van der Waals surface area (Å²) in [5.41, 5.74) is 1.92. The Morgan fingerprint density at radius 3 is 2.22 bits per heavy atom. The Balaban J connectivity index is 1.75. The molecule has 2 N–H and O–H groups in total. The van der Waals surface area contributed by atoms with Crippen LogP contribution < -0.4 is 29.6 Å². The molecule has 0 aliphatic heterocycles. The Labute approximate surface area is 218 Å². The quantitative estimate of drug-likeness (QED) is 0.356. The molecular formula is C25H29N3O6S2. The zero-order valence-corrected chi connectivity index (χ0v) is 22.4. The highest BCUT2D eigenvalue weighted by Gasteiger charge is 2.24. The van der Waals surface area contributed by atoms with Gasteiger partial charge in [-0.2, -0.15) is 11.8 Å². The second kappa shape index (κ2) is 13.0. The summed E-state index contributed by atoms with van der Waals surface area (Å²) >= 11 is 2.90. The fraction of sp³-hybridized carbons (Fsp3) is 0.320. The SMILES string of the molecule is COc1ccc(-c2csc(NC(=O)[C@@H](CCSC)NC(=O)c3cc(OC)c(OC)c(OC)c3)n2)cc1. The summed E-state index contributed by atoms with van der Waals surface area (Å²) in [7, 11) is 6.05. The van der Waals surface area contributed by atoms with Crippen molar-refractivity contribution < 1.29 is 28.5 Å². The van der Waals surface area contributed by atoms with Gasteiger partial charge in [-0.05, 0) is 54.8 Å². The molecule has 0 spiro atoms. The van der Waals surface area contributed by atoms with Crippen LogP contribution in [0, 0.1) is 0 Å². The minimum atomic E-state index is -0.766. The fourth-order valence-corrected chi connectivity index (χ4v) is 4.57. The number of aromatic nitrogens is 1. The largest absolute Gasteiger partial charge is 0.497 e. The highest BCUT2D eigenvalue weighted by atomic mass is 32.2. The van der Waals surface area contributed by atoms with Crippen LogP contribution in [0.15, 0.2) is 41.8 Å². The van der Waals surface area contributed by atoms with Gasteiger partial charge in [-0.3, -0.25) is 9.59 Å². The number of carbonyl (C=O) groups is 2. The van der Waals surface area contributed by atoms with Crippen molar-refractivity contribution in [3.63, 3.8) is 0 Å². The van der Waals surface area contributed by atoms with E-state index in [1.54, 1.807) is 31.0 Å². The lowest BCUT2D eigenvalue weighted by atomic mass is 10.1. The molecule has 36 heavy (non-hydrogen) atoms. The number of carbonyl (C=O) groups excluding carboxylic acids is 2. The molecule has 11 heteroatoms. The first kappa shape index (κ1) is 27.2. The summed E-state index contributed by atoms with van der Waals surface area (Å²) in [6, 6.07) is 9.83. The molecule has 1 atom stereocenters. The first-order chi connectivity index (χ1) is 17.4. The van der Waals surface area contributed by atoms with Crippen LogP contribution in [0.3, 0.4) is 0 Å². The van der Waals surface area contributed by atoms with E-state index < -0.39 is 11.9 Å². The van der Waals surface area contributed by atoms with Gasteiger partial charge in [-0.15, -0.1) is 11.3 Å². The van der Waals surface area contributed by atoms with E-state index in [-0.39, 0.29) is 11.5 Å². The standard InChI is InChI=1S/C25H29N3O6S2/c1-31-17-8-6-15(7-9-17)19-14-36-25(27-19)28-24(30)18(10-11-35-5)26-23(29)16-12-20(32-2)22(34-4)21(13-16)33-3/h6-9,12-14,18H,10-11H2,1-5H3,(H,26,29)(H,27,28,30)/t18-/m1/s1. The minimum absolute atomic E-state index is 0.280. The first-order valence-corrected chi connectivity index (χ1v) is 13.2. The average molecular weight is 532 g/mol. The minimum Gasteiger partial charge on any atom is -0.497 e. The van der Waals surface area contributed by atoms with E-state index in [2.05, 4.69) is 15.6 Å². The molecule has 0 radical (unpaired) electrons. The number of hydrogen-bond donors (Lipinski definition) is 2.